The summed E-state index contributed by atoms with van der Waals surface area (Å²) in [7, 11) is 0. The van der Waals surface area contributed by atoms with Crippen LogP contribution in [0, 0.1) is 6.92 Å². The van der Waals surface area contributed by atoms with Gasteiger partial charge in [0.1, 0.15) is 11.9 Å². The second-order valence-corrected chi connectivity index (χ2v) is 3.47. The number of aryl methyl sites for hydroxylation is 1. The number of nitrogen functional groups attached to an aromatic ring is 1. The predicted octanol–water partition coefficient (Wildman–Crippen LogP) is 1.90. The van der Waals surface area contributed by atoms with E-state index < -0.39 is 0 Å². The number of ether oxygens (including phenoxy) is 1. The number of anilines is 1. The maximum Gasteiger partial charge on any atom is 0.145 e. The van der Waals surface area contributed by atoms with Gasteiger partial charge in [-0.05, 0) is 25.5 Å². The molecule has 0 saturated carbocycles. The third kappa shape index (κ3) is 1.04. The van der Waals surface area contributed by atoms with Crippen LogP contribution in [0.2, 0.25) is 0 Å². The summed E-state index contributed by atoms with van der Waals surface area (Å²) in [6, 6.07) is 4.10. The average Bonchev–Trinajstić information content (AvgIpc) is 2.29. The Kier molecular flexibility index (Phi) is 1.50. The van der Waals surface area contributed by atoms with Crippen LogP contribution in [-0.4, -0.2) is 6.10 Å². The van der Waals surface area contributed by atoms with Gasteiger partial charge in [0.05, 0.1) is 5.69 Å². The van der Waals surface area contributed by atoms with Crippen molar-refractivity contribution in [1.29, 1.82) is 0 Å². The van der Waals surface area contributed by atoms with Gasteiger partial charge in [-0.1, -0.05) is 6.07 Å². The SMILES string of the molecule is Cc1cc(N)c2c(c1)C[C@H](C)O2. The van der Waals surface area contributed by atoms with E-state index in [9.17, 15) is 0 Å². The second kappa shape index (κ2) is 2.41. The number of nitrogens with two attached hydrogens (primary N) is 1. The standard InChI is InChI=1S/C10H13NO/c1-6-3-8-5-7(2)12-10(8)9(11)4-6/h3-4,7H,5,11H2,1-2H3/t7-/m0/s1. The first-order valence-electron chi connectivity index (χ1n) is 4.22. The van der Waals surface area contributed by atoms with Gasteiger partial charge in [0.25, 0.3) is 0 Å². The van der Waals surface area contributed by atoms with Crippen molar-refractivity contribution in [3.8, 4) is 5.75 Å². The molecule has 1 atom stereocenters. The largest absolute Gasteiger partial charge is 0.488 e. The Morgan fingerprint density at radius 3 is 3.00 bits per heavy atom. The summed E-state index contributed by atoms with van der Waals surface area (Å²) in [5.41, 5.74) is 9.04. The lowest BCUT2D eigenvalue weighted by molar-refractivity contribution is 0.256. The zero-order valence-electron chi connectivity index (χ0n) is 7.42. The first-order valence-corrected chi connectivity index (χ1v) is 4.22. The average molecular weight is 163 g/mol. The molecule has 1 aliphatic rings. The Balaban J connectivity index is 2.52. The molecule has 0 fully saturated rings. The van der Waals surface area contributed by atoms with E-state index in [1.807, 2.05) is 6.07 Å². The van der Waals surface area contributed by atoms with Gasteiger partial charge in [0.15, 0.2) is 0 Å². The molecule has 0 saturated heterocycles. The van der Waals surface area contributed by atoms with Gasteiger partial charge in [-0.3, -0.25) is 0 Å². The van der Waals surface area contributed by atoms with Crippen LogP contribution < -0.4 is 10.5 Å². The van der Waals surface area contributed by atoms with Crippen molar-refractivity contribution in [3.05, 3.63) is 23.3 Å². The molecule has 64 valence electrons. The van der Waals surface area contributed by atoms with E-state index in [1.54, 1.807) is 0 Å². The summed E-state index contributed by atoms with van der Waals surface area (Å²) in [5, 5.41) is 0. The monoisotopic (exact) mass is 163 g/mol. The van der Waals surface area contributed by atoms with Gasteiger partial charge >= 0.3 is 0 Å². The first-order chi connectivity index (χ1) is 5.66. The second-order valence-electron chi connectivity index (χ2n) is 3.47. The van der Waals surface area contributed by atoms with Gasteiger partial charge in [-0.15, -0.1) is 0 Å². The minimum Gasteiger partial charge on any atom is -0.488 e. The zero-order chi connectivity index (χ0) is 8.72. The smallest absolute Gasteiger partial charge is 0.145 e. The van der Waals surface area contributed by atoms with Gasteiger partial charge < -0.3 is 10.5 Å². The lowest BCUT2D eigenvalue weighted by Gasteiger charge is -2.05. The summed E-state index contributed by atoms with van der Waals surface area (Å²) in [4.78, 5) is 0. The molecule has 0 aliphatic carbocycles. The molecule has 2 rings (SSSR count). The van der Waals surface area contributed by atoms with E-state index in [4.69, 9.17) is 10.5 Å². The summed E-state index contributed by atoms with van der Waals surface area (Å²) < 4.78 is 5.57. The van der Waals surface area contributed by atoms with Crippen molar-refractivity contribution in [3.63, 3.8) is 0 Å². The molecule has 0 aromatic heterocycles. The van der Waals surface area contributed by atoms with Gasteiger partial charge in [0.2, 0.25) is 0 Å². The van der Waals surface area contributed by atoms with Crippen molar-refractivity contribution < 1.29 is 4.74 Å². The third-order valence-corrected chi connectivity index (χ3v) is 2.17. The summed E-state index contributed by atoms with van der Waals surface area (Å²) in [6.07, 6.45) is 1.27. The van der Waals surface area contributed by atoms with Crippen molar-refractivity contribution in [1.82, 2.24) is 0 Å². The Morgan fingerprint density at radius 2 is 2.25 bits per heavy atom. The lowest BCUT2D eigenvalue weighted by Crippen LogP contribution is -2.05. The summed E-state index contributed by atoms with van der Waals surface area (Å²) in [6.45, 7) is 4.12. The number of fused-ring (bicyclic) bond motifs is 1. The van der Waals surface area contributed by atoms with E-state index in [0.29, 0.717) is 0 Å². The van der Waals surface area contributed by atoms with Crippen LogP contribution in [0.15, 0.2) is 12.1 Å². The fourth-order valence-electron chi connectivity index (χ4n) is 1.73. The molecule has 0 radical (unpaired) electrons. The minimum absolute atomic E-state index is 0.282. The molecular weight excluding hydrogens is 150 g/mol. The molecule has 0 amide bonds. The number of hydrogen-bond donors (Lipinski definition) is 1. The van der Waals surface area contributed by atoms with Gasteiger partial charge in [0, 0.05) is 12.0 Å². The maximum absolute atomic E-state index is 5.81. The van der Waals surface area contributed by atoms with E-state index in [1.165, 1.54) is 11.1 Å². The molecule has 0 bridgehead atoms. The molecule has 12 heavy (non-hydrogen) atoms. The number of hydrogen-bond acceptors (Lipinski definition) is 2. The van der Waals surface area contributed by atoms with Gasteiger partial charge in [-0.25, -0.2) is 0 Å². The quantitative estimate of drug-likeness (QED) is 0.593. The molecule has 1 aromatic rings. The van der Waals surface area contributed by atoms with E-state index in [0.717, 1.165) is 17.9 Å². The minimum atomic E-state index is 0.282. The highest BCUT2D eigenvalue weighted by molar-refractivity contribution is 5.60. The topological polar surface area (TPSA) is 35.2 Å². The molecule has 1 aromatic carbocycles. The third-order valence-electron chi connectivity index (χ3n) is 2.17. The van der Waals surface area contributed by atoms with Crippen molar-refractivity contribution in [2.24, 2.45) is 0 Å². The van der Waals surface area contributed by atoms with E-state index in [2.05, 4.69) is 19.9 Å². The van der Waals surface area contributed by atoms with Crippen LogP contribution >= 0.6 is 0 Å². The zero-order valence-corrected chi connectivity index (χ0v) is 7.42. The Hall–Kier alpha value is -1.18. The van der Waals surface area contributed by atoms with E-state index >= 15 is 0 Å². The molecule has 0 unspecified atom stereocenters. The molecular formula is C10H13NO. The van der Waals surface area contributed by atoms with Crippen molar-refractivity contribution >= 4 is 5.69 Å². The molecule has 2 heteroatoms. The fourth-order valence-corrected chi connectivity index (χ4v) is 1.73. The normalized spacial score (nSPS) is 20.3. The molecule has 2 N–H and O–H groups in total. The van der Waals surface area contributed by atoms with Crippen LogP contribution in [0.1, 0.15) is 18.1 Å². The highest BCUT2D eigenvalue weighted by Gasteiger charge is 2.21. The lowest BCUT2D eigenvalue weighted by atomic mass is 10.1. The van der Waals surface area contributed by atoms with Crippen LogP contribution in [0.3, 0.4) is 0 Å². The molecule has 1 heterocycles. The van der Waals surface area contributed by atoms with Crippen LogP contribution in [-0.2, 0) is 6.42 Å². The molecule has 0 spiro atoms. The Morgan fingerprint density at radius 1 is 1.50 bits per heavy atom. The van der Waals surface area contributed by atoms with Crippen molar-refractivity contribution in [2.45, 2.75) is 26.4 Å². The summed E-state index contributed by atoms with van der Waals surface area (Å²) >= 11 is 0. The predicted molar refractivity (Wildman–Crippen MR) is 49.4 cm³/mol. The highest BCUT2D eigenvalue weighted by atomic mass is 16.5. The number of benzene rings is 1. The molecule has 1 aliphatic heterocycles. The fraction of sp³-hybridized carbons (Fsp3) is 0.400. The van der Waals surface area contributed by atoms with Gasteiger partial charge in [-0.2, -0.15) is 0 Å². The molecule has 2 nitrogen and oxygen atoms in total. The van der Waals surface area contributed by atoms with Crippen molar-refractivity contribution in [2.75, 3.05) is 5.73 Å². The highest BCUT2D eigenvalue weighted by Crippen LogP contribution is 2.35. The van der Waals surface area contributed by atoms with Crippen LogP contribution in [0.5, 0.6) is 5.75 Å². The van der Waals surface area contributed by atoms with Crippen LogP contribution in [0.25, 0.3) is 0 Å². The Bertz CT molecular complexity index is 320. The number of rotatable bonds is 0. The summed E-state index contributed by atoms with van der Waals surface area (Å²) in [5.74, 6) is 0.896. The maximum atomic E-state index is 5.81. The first kappa shape index (κ1) is 7.47. The van der Waals surface area contributed by atoms with Crippen LogP contribution in [0.4, 0.5) is 5.69 Å². The Labute approximate surface area is 72.3 Å². The van der Waals surface area contributed by atoms with E-state index in [-0.39, 0.29) is 6.10 Å².